The summed E-state index contributed by atoms with van der Waals surface area (Å²) in [6.07, 6.45) is 2.22. The lowest BCUT2D eigenvalue weighted by atomic mass is 10.2. The Morgan fingerprint density at radius 1 is 1.17 bits per heavy atom. The third-order valence-electron chi connectivity index (χ3n) is 3.45. The minimum absolute atomic E-state index is 0.0422. The Labute approximate surface area is 105 Å². The second-order valence-electron chi connectivity index (χ2n) is 4.71. The topological polar surface area (TPSA) is 60.9 Å². The SMILES string of the molecule is O=C(O)c1ccc(N2CCN(C3CC3)C2=O)cc1. The van der Waals surface area contributed by atoms with Gasteiger partial charge in [-0.3, -0.25) is 4.90 Å². The predicted molar refractivity (Wildman–Crippen MR) is 65.9 cm³/mol. The van der Waals surface area contributed by atoms with E-state index in [1.54, 1.807) is 17.0 Å². The smallest absolute Gasteiger partial charge is 0.335 e. The van der Waals surface area contributed by atoms with Gasteiger partial charge in [0.1, 0.15) is 0 Å². The molecule has 0 unspecified atom stereocenters. The largest absolute Gasteiger partial charge is 0.478 e. The summed E-state index contributed by atoms with van der Waals surface area (Å²) >= 11 is 0. The van der Waals surface area contributed by atoms with Crippen LogP contribution in [-0.4, -0.2) is 41.1 Å². The molecule has 5 heteroatoms. The van der Waals surface area contributed by atoms with Crippen LogP contribution < -0.4 is 4.90 Å². The average Bonchev–Trinajstić information content (AvgIpc) is 3.13. The van der Waals surface area contributed by atoms with Crippen LogP contribution in [-0.2, 0) is 0 Å². The van der Waals surface area contributed by atoms with Gasteiger partial charge in [-0.25, -0.2) is 9.59 Å². The van der Waals surface area contributed by atoms with Crippen LogP contribution in [0.25, 0.3) is 0 Å². The predicted octanol–water partition coefficient (Wildman–Crippen LogP) is 1.79. The number of carboxylic acids is 1. The highest BCUT2D eigenvalue weighted by molar-refractivity contribution is 5.95. The minimum atomic E-state index is -0.950. The molecule has 0 aromatic heterocycles. The third-order valence-corrected chi connectivity index (χ3v) is 3.45. The molecule has 1 saturated heterocycles. The first-order chi connectivity index (χ1) is 8.66. The number of nitrogens with zero attached hydrogens (tertiary/aromatic N) is 2. The number of benzene rings is 1. The molecule has 2 amide bonds. The molecule has 1 aliphatic carbocycles. The summed E-state index contributed by atoms with van der Waals surface area (Å²) in [5, 5.41) is 8.83. The number of anilines is 1. The first-order valence-electron chi connectivity index (χ1n) is 6.08. The highest BCUT2D eigenvalue weighted by Gasteiger charge is 2.39. The summed E-state index contributed by atoms with van der Waals surface area (Å²) in [7, 11) is 0. The monoisotopic (exact) mass is 246 g/mol. The second-order valence-corrected chi connectivity index (χ2v) is 4.71. The van der Waals surface area contributed by atoms with E-state index in [0.717, 1.165) is 25.1 Å². The molecule has 3 rings (SSSR count). The van der Waals surface area contributed by atoms with E-state index in [1.165, 1.54) is 12.1 Å². The minimum Gasteiger partial charge on any atom is -0.478 e. The molecule has 1 N–H and O–H groups in total. The van der Waals surface area contributed by atoms with Crippen molar-refractivity contribution >= 4 is 17.7 Å². The summed E-state index contributed by atoms with van der Waals surface area (Å²) in [5.41, 5.74) is 1.01. The molecule has 18 heavy (non-hydrogen) atoms. The van der Waals surface area contributed by atoms with Crippen LogP contribution in [0.2, 0.25) is 0 Å². The maximum Gasteiger partial charge on any atom is 0.335 e. The zero-order valence-corrected chi connectivity index (χ0v) is 9.87. The van der Waals surface area contributed by atoms with Gasteiger partial charge in [-0.2, -0.15) is 0 Å². The van der Waals surface area contributed by atoms with Gasteiger partial charge < -0.3 is 10.0 Å². The lowest BCUT2D eigenvalue weighted by Gasteiger charge is -2.18. The number of aromatic carboxylic acids is 1. The van der Waals surface area contributed by atoms with Crippen molar-refractivity contribution in [2.45, 2.75) is 18.9 Å². The average molecular weight is 246 g/mol. The number of urea groups is 1. The maximum atomic E-state index is 12.1. The molecule has 1 saturated carbocycles. The molecule has 0 radical (unpaired) electrons. The third kappa shape index (κ3) is 1.81. The fourth-order valence-electron chi connectivity index (χ4n) is 2.30. The van der Waals surface area contributed by atoms with Crippen molar-refractivity contribution in [1.82, 2.24) is 4.90 Å². The van der Waals surface area contributed by atoms with Crippen LogP contribution in [0.3, 0.4) is 0 Å². The fourth-order valence-corrected chi connectivity index (χ4v) is 2.30. The molecule has 5 nitrogen and oxygen atoms in total. The van der Waals surface area contributed by atoms with Gasteiger partial charge in [-0.15, -0.1) is 0 Å². The zero-order valence-electron chi connectivity index (χ0n) is 9.87. The highest BCUT2D eigenvalue weighted by Crippen LogP contribution is 2.31. The van der Waals surface area contributed by atoms with Gasteiger partial charge in [0.05, 0.1) is 5.56 Å². The van der Waals surface area contributed by atoms with E-state index in [4.69, 9.17) is 5.11 Å². The number of hydrogen-bond donors (Lipinski definition) is 1. The van der Waals surface area contributed by atoms with Crippen molar-refractivity contribution in [1.29, 1.82) is 0 Å². The van der Waals surface area contributed by atoms with Crippen molar-refractivity contribution in [2.24, 2.45) is 0 Å². The molecule has 1 aromatic rings. The summed E-state index contributed by atoms with van der Waals surface area (Å²) in [5.74, 6) is -0.950. The van der Waals surface area contributed by atoms with Crippen molar-refractivity contribution < 1.29 is 14.7 Å². The van der Waals surface area contributed by atoms with Gasteiger partial charge in [-0.05, 0) is 37.1 Å². The Balaban J connectivity index is 1.78. The molecule has 2 aliphatic rings. The number of carboxylic acid groups (broad SMARTS) is 1. The lowest BCUT2D eigenvalue weighted by molar-refractivity contribution is 0.0697. The van der Waals surface area contributed by atoms with Gasteiger partial charge >= 0.3 is 12.0 Å². The number of hydrogen-bond acceptors (Lipinski definition) is 2. The summed E-state index contributed by atoms with van der Waals surface area (Å²) < 4.78 is 0. The zero-order chi connectivity index (χ0) is 12.7. The van der Waals surface area contributed by atoms with E-state index in [0.29, 0.717) is 12.6 Å². The number of carbonyl (C=O) groups is 2. The van der Waals surface area contributed by atoms with Crippen LogP contribution in [0.15, 0.2) is 24.3 Å². The van der Waals surface area contributed by atoms with Crippen molar-refractivity contribution in [2.75, 3.05) is 18.0 Å². The Bertz CT molecular complexity index is 493. The fraction of sp³-hybridized carbons (Fsp3) is 0.385. The van der Waals surface area contributed by atoms with Gasteiger partial charge in [0.15, 0.2) is 0 Å². The van der Waals surface area contributed by atoms with E-state index in [-0.39, 0.29) is 11.6 Å². The molecular formula is C13H14N2O3. The van der Waals surface area contributed by atoms with Crippen molar-refractivity contribution in [3.63, 3.8) is 0 Å². The van der Waals surface area contributed by atoms with E-state index >= 15 is 0 Å². The quantitative estimate of drug-likeness (QED) is 0.884. The Kier molecular flexibility index (Phi) is 2.47. The van der Waals surface area contributed by atoms with E-state index in [2.05, 4.69) is 0 Å². The maximum absolute atomic E-state index is 12.1. The van der Waals surface area contributed by atoms with Gasteiger partial charge in [0.2, 0.25) is 0 Å². The second kappa shape index (κ2) is 4.01. The van der Waals surface area contributed by atoms with Gasteiger partial charge in [0, 0.05) is 24.8 Å². The van der Waals surface area contributed by atoms with E-state index in [9.17, 15) is 9.59 Å². The van der Waals surface area contributed by atoms with Crippen LogP contribution in [0, 0.1) is 0 Å². The van der Waals surface area contributed by atoms with E-state index in [1.807, 2.05) is 4.90 Å². The van der Waals surface area contributed by atoms with Crippen LogP contribution >= 0.6 is 0 Å². The Morgan fingerprint density at radius 3 is 2.39 bits per heavy atom. The van der Waals surface area contributed by atoms with Crippen LogP contribution in [0.4, 0.5) is 10.5 Å². The van der Waals surface area contributed by atoms with Crippen molar-refractivity contribution in [3.05, 3.63) is 29.8 Å². The van der Waals surface area contributed by atoms with Crippen LogP contribution in [0.5, 0.6) is 0 Å². The highest BCUT2D eigenvalue weighted by atomic mass is 16.4. The summed E-state index contributed by atoms with van der Waals surface area (Å²) in [6.45, 7) is 1.45. The number of amides is 2. The Hall–Kier alpha value is -2.04. The Morgan fingerprint density at radius 2 is 1.83 bits per heavy atom. The molecular weight excluding hydrogens is 232 g/mol. The molecule has 1 aliphatic heterocycles. The standard InChI is InChI=1S/C13H14N2O3/c16-12(17)9-1-3-10(4-2-9)14-7-8-15(13(14)18)11-5-6-11/h1-4,11H,5-8H2,(H,16,17). The van der Waals surface area contributed by atoms with Gasteiger partial charge in [-0.1, -0.05) is 0 Å². The molecule has 94 valence electrons. The lowest BCUT2D eigenvalue weighted by Crippen LogP contribution is -2.33. The summed E-state index contributed by atoms with van der Waals surface area (Å²) in [6, 6.07) is 6.92. The first-order valence-corrected chi connectivity index (χ1v) is 6.08. The first kappa shape index (κ1) is 11.1. The summed E-state index contributed by atoms with van der Waals surface area (Å²) in [4.78, 5) is 26.5. The molecule has 0 bridgehead atoms. The number of carbonyl (C=O) groups excluding carboxylic acids is 1. The molecule has 1 aromatic carbocycles. The van der Waals surface area contributed by atoms with E-state index < -0.39 is 5.97 Å². The number of rotatable bonds is 3. The molecule has 0 spiro atoms. The normalized spacial score (nSPS) is 19.4. The molecule has 0 atom stereocenters. The van der Waals surface area contributed by atoms with Crippen LogP contribution in [0.1, 0.15) is 23.2 Å². The molecule has 2 fully saturated rings. The van der Waals surface area contributed by atoms with Crippen molar-refractivity contribution in [3.8, 4) is 0 Å². The molecule has 1 heterocycles. The van der Waals surface area contributed by atoms with Gasteiger partial charge in [0.25, 0.3) is 0 Å².